The van der Waals surface area contributed by atoms with Gasteiger partial charge in [-0.05, 0) is 30.5 Å². The molecule has 1 saturated heterocycles. The molecule has 1 atom stereocenters. The average molecular weight is 309 g/mol. The summed E-state index contributed by atoms with van der Waals surface area (Å²) in [5.74, 6) is 0.126. The number of aliphatic hydroxyl groups excluding tert-OH is 1. The van der Waals surface area contributed by atoms with Crippen LogP contribution in [0.3, 0.4) is 0 Å². The van der Waals surface area contributed by atoms with Crippen LogP contribution >= 0.6 is 0 Å². The van der Waals surface area contributed by atoms with Crippen molar-refractivity contribution in [3.8, 4) is 0 Å². The van der Waals surface area contributed by atoms with E-state index < -0.39 is 6.10 Å². The quantitative estimate of drug-likeness (QED) is 0.537. The highest BCUT2D eigenvalue weighted by atomic mass is 16.3. The van der Waals surface area contributed by atoms with Gasteiger partial charge in [-0.25, -0.2) is 0 Å². The number of rotatable bonds is 0. The topological polar surface area (TPSA) is 77.2 Å². The number of aromatic amines is 1. The Bertz CT molecular complexity index is 785. The van der Waals surface area contributed by atoms with E-state index in [4.69, 9.17) is 0 Å². The van der Waals surface area contributed by atoms with Crippen LogP contribution in [0.2, 0.25) is 0 Å². The van der Waals surface area contributed by atoms with E-state index in [1.54, 1.807) is 0 Å². The monoisotopic (exact) mass is 309 g/mol. The number of fused-ring (bicyclic) bond motifs is 2. The van der Waals surface area contributed by atoms with Crippen molar-refractivity contribution in [3.05, 3.63) is 52.9 Å². The molecule has 0 aromatic carbocycles. The smallest absolute Gasteiger partial charge is 0.200 e. The lowest BCUT2D eigenvalue weighted by Gasteiger charge is -2.45. The van der Waals surface area contributed by atoms with Gasteiger partial charge in [0, 0.05) is 29.4 Å². The fraction of sp³-hybridized carbons (Fsp3) is 0.389. The van der Waals surface area contributed by atoms with E-state index in [9.17, 15) is 9.90 Å². The van der Waals surface area contributed by atoms with E-state index in [1.807, 2.05) is 18.3 Å². The summed E-state index contributed by atoms with van der Waals surface area (Å²) < 4.78 is 0. The van der Waals surface area contributed by atoms with Crippen LogP contribution in [0.1, 0.15) is 28.0 Å². The molecule has 4 aliphatic rings. The molecule has 23 heavy (non-hydrogen) atoms. The van der Waals surface area contributed by atoms with Gasteiger partial charge in [0.2, 0.25) is 5.78 Å². The lowest BCUT2D eigenvalue weighted by atomic mass is 9.65. The lowest BCUT2D eigenvalue weighted by molar-refractivity contribution is 0.0933. The minimum absolute atomic E-state index is 0.126. The molecule has 5 rings (SSSR count). The minimum Gasteiger partial charge on any atom is -0.385 e. The number of carbonyl (C=O) groups is 1. The maximum atomic E-state index is 13.0. The van der Waals surface area contributed by atoms with Crippen molar-refractivity contribution in [1.82, 2.24) is 15.6 Å². The van der Waals surface area contributed by atoms with Crippen molar-refractivity contribution in [2.24, 2.45) is 5.41 Å². The van der Waals surface area contributed by atoms with E-state index in [2.05, 4.69) is 27.8 Å². The van der Waals surface area contributed by atoms with Gasteiger partial charge in [-0.15, -0.1) is 0 Å². The lowest BCUT2D eigenvalue weighted by Crippen LogP contribution is -2.53. The first-order valence-electron chi connectivity index (χ1n) is 8.23. The molecule has 4 N–H and O–H groups in total. The molecule has 0 saturated carbocycles. The fourth-order valence-electron chi connectivity index (χ4n) is 4.46. The molecule has 1 fully saturated rings. The molecule has 2 aliphatic carbocycles. The largest absolute Gasteiger partial charge is 0.385 e. The zero-order chi connectivity index (χ0) is 15.6. The van der Waals surface area contributed by atoms with Gasteiger partial charge >= 0.3 is 0 Å². The van der Waals surface area contributed by atoms with Crippen LogP contribution in [-0.2, 0) is 6.42 Å². The number of Topliss-reactive ketones (excluding diaryl/α,β-unsaturated/α-hetero) is 1. The maximum Gasteiger partial charge on any atom is 0.200 e. The van der Waals surface area contributed by atoms with E-state index in [-0.39, 0.29) is 17.2 Å². The van der Waals surface area contributed by atoms with Gasteiger partial charge in [0.15, 0.2) is 0 Å². The number of nitrogens with one attached hydrogen (secondary N) is 3. The Balaban J connectivity index is 1.79. The summed E-state index contributed by atoms with van der Waals surface area (Å²) in [6.07, 6.45) is 11.1. The Morgan fingerprint density at radius 3 is 2.87 bits per heavy atom. The van der Waals surface area contributed by atoms with Crippen LogP contribution in [0.15, 0.2) is 36.1 Å². The van der Waals surface area contributed by atoms with Crippen molar-refractivity contribution >= 4 is 11.5 Å². The van der Waals surface area contributed by atoms with E-state index >= 15 is 0 Å². The van der Waals surface area contributed by atoms with E-state index in [0.29, 0.717) is 0 Å². The van der Waals surface area contributed by atoms with Crippen molar-refractivity contribution in [1.29, 1.82) is 0 Å². The molecule has 0 amide bonds. The highest BCUT2D eigenvalue weighted by molar-refractivity contribution is 6.10. The third-order valence-electron chi connectivity index (χ3n) is 5.54. The number of piperidine rings is 1. The van der Waals surface area contributed by atoms with Crippen LogP contribution < -0.4 is 10.6 Å². The molecular formula is C18H19N3O2. The number of hydrogen-bond acceptors (Lipinski definition) is 4. The maximum absolute atomic E-state index is 13.0. The summed E-state index contributed by atoms with van der Waals surface area (Å²) in [6, 6.07) is -0.298. The molecule has 5 nitrogen and oxygen atoms in total. The van der Waals surface area contributed by atoms with Gasteiger partial charge in [-0.3, -0.25) is 4.79 Å². The van der Waals surface area contributed by atoms with Crippen LogP contribution in [-0.4, -0.2) is 41.1 Å². The van der Waals surface area contributed by atoms with Gasteiger partial charge in [-0.1, -0.05) is 24.3 Å². The number of hydrogen-bond donors (Lipinski definition) is 4. The van der Waals surface area contributed by atoms with Gasteiger partial charge < -0.3 is 20.7 Å². The number of ketones is 1. The Labute approximate surface area is 134 Å². The molecule has 118 valence electrons. The summed E-state index contributed by atoms with van der Waals surface area (Å²) in [5, 5.41) is 16.7. The Morgan fingerprint density at radius 1 is 1.22 bits per heavy atom. The van der Waals surface area contributed by atoms with Gasteiger partial charge in [0.05, 0.1) is 17.8 Å². The van der Waals surface area contributed by atoms with Crippen molar-refractivity contribution in [2.75, 3.05) is 13.1 Å². The zero-order valence-electron chi connectivity index (χ0n) is 12.7. The molecule has 1 aromatic rings. The predicted molar refractivity (Wildman–Crippen MR) is 86.9 cm³/mol. The molecule has 3 heterocycles. The van der Waals surface area contributed by atoms with Gasteiger partial charge in [0.25, 0.3) is 0 Å². The van der Waals surface area contributed by atoms with E-state index in [0.717, 1.165) is 48.5 Å². The van der Waals surface area contributed by atoms with Crippen molar-refractivity contribution < 1.29 is 9.90 Å². The summed E-state index contributed by atoms with van der Waals surface area (Å²) >= 11 is 0. The third kappa shape index (κ3) is 1.66. The Morgan fingerprint density at radius 2 is 2.04 bits per heavy atom. The molecule has 5 heteroatoms. The third-order valence-corrected chi connectivity index (χ3v) is 5.54. The van der Waals surface area contributed by atoms with E-state index in [1.165, 1.54) is 5.56 Å². The molecule has 0 radical (unpaired) electrons. The standard InChI is InChI=1S/C18H19N3O2/c22-11-1-4-18(5-2-11)6-8-20-16-13(18)14-12-10(3-7-19-14)9-21-15(12)17(16)23/h1-2,4-5,9,11,16,19-22H,3,6-8H2. The molecule has 0 bridgehead atoms. The molecule has 2 aliphatic heterocycles. The van der Waals surface area contributed by atoms with Crippen LogP contribution in [0, 0.1) is 5.41 Å². The van der Waals surface area contributed by atoms with Gasteiger partial charge in [-0.2, -0.15) is 0 Å². The summed E-state index contributed by atoms with van der Waals surface area (Å²) in [7, 11) is 0. The second-order valence-electron chi connectivity index (χ2n) is 6.78. The second-order valence-corrected chi connectivity index (χ2v) is 6.78. The summed E-state index contributed by atoms with van der Waals surface area (Å²) in [5.41, 5.74) is 4.94. The van der Waals surface area contributed by atoms with Crippen LogP contribution in [0.5, 0.6) is 0 Å². The predicted octanol–water partition coefficient (Wildman–Crippen LogP) is 0.903. The minimum atomic E-state index is -0.531. The first-order chi connectivity index (χ1) is 11.2. The van der Waals surface area contributed by atoms with Crippen molar-refractivity contribution in [2.45, 2.75) is 25.0 Å². The Hall–Kier alpha value is -2.11. The van der Waals surface area contributed by atoms with Crippen LogP contribution in [0.25, 0.3) is 5.70 Å². The normalized spacial score (nSPS) is 34.4. The SMILES string of the molecule is O=C1c2[nH]cc3c2C(=C2C1NCCC21C=CC(O)C=C1)NCC3. The number of carbonyl (C=O) groups excluding carboxylic acids is 1. The molecule has 1 aromatic heterocycles. The highest BCUT2D eigenvalue weighted by Crippen LogP contribution is 2.48. The first-order valence-corrected chi connectivity index (χ1v) is 8.23. The zero-order valence-corrected chi connectivity index (χ0v) is 12.7. The fourth-order valence-corrected chi connectivity index (χ4v) is 4.46. The molecule has 1 spiro atoms. The highest BCUT2D eigenvalue weighted by Gasteiger charge is 2.48. The number of H-pyrrole nitrogens is 1. The number of aliphatic hydroxyl groups is 1. The summed E-state index contributed by atoms with van der Waals surface area (Å²) in [6.45, 7) is 1.66. The molecular weight excluding hydrogens is 290 g/mol. The number of allylic oxidation sites excluding steroid dienone is 2. The second kappa shape index (κ2) is 4.46. The average Bonchev–Trinajstić information content (AvgIpc) is 3.01. The van der Waals surface area contributed by atoms with Crippen LogP contribution in [0.4, 0.5) is 0 Å². The Kier molecular flexibility index (Phi) is 2.59. The van der Waals surface area contributed by atoms with Gasteiger partial charge in [0.1, 0.15) is 0 Å². The van der Waals surface area contributed by atoms with Crippen molar-refractivity contribution in [3.63, 3.8) is 0 Å². The molecule has 1 unspecified atom stereocenters. The summed E-state index contributed by atoms with van der Waals surface area (Å²) in [4.78, 5) is 16.2. The first kappa shape index (κ1) is 13.3. The number of aromatic nitrogens is 1.